The van der Waals surface area contributed by atoms with Crippen LogP contribution in [0.2, 0.25) is 0 Å². The van der Waals surface area contributed by atoms with Crippen LogP contribution in [0.1, 0.15) is 113 Å². The lowest BCUT2D eigenvalue weighted by Gasteiger charge is -2.04. The quantitative estimate of drug-likeness (QED) is 0.240. The zero-order valence-corrected chi connectivity index (χ0v) is 16.1. The number of hydrogen-bond donors (Lipinski definition) is 0. The lowest BCUT2D eigenvalue weighted by molar-refractivity contribution is 0.101. The first-order chi connectivity index (χ1) is 11.7. The molecule has 0 bridgehead atoms. The van der Waals surface area contributed by atoms with E-state index in [0.717, 1.165) is 12.0 Å². The Labute approximate surface area is 150 Å². The predicted octanol–water partition coefficient (Wildman–Crippen LogP) is 7.52. The first-order valence-electron chi connectivity index (χ1n) is 10.3. The number of rotatable bonds is 15. The van der Waals surface area contributed by atoms with Crippen LogP contribution in [0.25, 0.3) is 0 Å². The molecule has 0 spiro atoms. The minimum Gasteiger partial charge on any atom is -0.295 e. The molecule has 1 nitrogen and oxygen atoms in total. The molecule has 0 aliphatic heterocycles. The highest BCUT2D eigenvalue weighted by atomic mass is 16.1. The van der Waals surface area contributed by atoms with Crippen molar-refractivity contribution in [3.8, 4) is 0 Å². The Morgan fingerprint density at radius 1 is 0.667 bits per heavy atom. The van der Waals surface area contributed by atoms with E-state index in [1.807, 2.05) is 12.1 Å². The summed E-state index contributed by atoms with van der Waals surface area (Å²) in [5.74, 6) is 0.155. The lowest BCUT2D eigenvalue weighted by Crippen LogP contribution is -1.92. The van der Waals surface area contributed by atoms with Gasteiger partial charge in [-0.05, 0) is 25.3 Å². The topological polar surface area (TPSA) is 17.1 Å². The molecule has 0 aliphatic rings. The molecule has 0 atom stereocenters. The molecular weight excluding hydrogens is 292 g/mol. The van der Waals surface area contributed by atoms with Crippen LogP contribution >= 0.6 is 0 Å². The van der Waals surface area contributed by atoms with Crippen molar-refractivity contribution in [1.29, 1.82) is 0 Å². The second-order valence-electron chi connectivity index (χ2n) is 7.25. The SMILES string of the molecule is CCCCCCCCCCCCCCCc1ccc(C(C)=O)cc1. The molecule has 0 saturated carbocycles. The van der Waals surface area contributed by atoms with Gasteiger partial charge in [0.15, 0.2) is 5.78 Å². The van der Waals surface area contributed by atoms with E-state index in [1.165, 1.54) is 89.0 Å². The first kappa shape index (κ1) is 20.9. The zero-order valence-electron chi connectivity index (χ0n) is 16.1. The van der Waals surface area contributed by atoms with Gasteiger partial charge in [-0.1, -0.05) is 108 Å². The second kappa shape index (κ2) is 14.3. The third-order valence-electron chi connectivity index (χ3n) is 4.93. The monoisotopic (exact) mass is 330 g/mol. The molecule has 1 aromatic rings. The Morgan fingerprint density at radius 2 is 1.08 bits per heavy atom. The maximum atomic E-state index is 11.2. The van der Waals surface area contributed by atoms with Gasteiger partial charge in [0.2, 0.25) is 0 Å². The fraction of sp³-hybridized carbons (Fsp3) is 0.696. The van der Waals surface area contributed by atoms with E-state index < -0.39 is 0 Å². The average Bonchev–Trinajstić information content (AvgIpc) is 2.59. The summed E-state index contributed by atoms with van der Waals surface area (Å²) in [7, 11) is 0. The molecule has 0 N–H and O–H groups in total. The number of unbranched alkanes of at least 4 members (excludes halogenated alkanes) is 12. The van der Waals surface area contributed by atoms with Gasteiger partial charge in [-0.25, -0.2) is 0 Å². The van der Waals surface area contributed by atoms with E-state index in [0.29, 0.717) is 0 Å². The highest BCUT2D eigenvalue weighted by Gasteiger charge is 1.99. The van der Waals surface area contributed by atoms with Crippen molar-refractivity contribution in [3.05, 3.63) is 35.4 Å². The van der Waals surface area contributed by atoms with Gasteiger partial charge in [0, 0.05) is 5.56 Å². The molecule has 0 heterocycles. The van der Waals surface area contributed by atoms with Gasteiger partial charge in [0.25, 0.3) is 0 Å². The number of carbonyl (C=O) groups is 1. The summed E-state index contributed by atoms with van der Waals surface area (Å²) in [5, 5.41) is 0. The van der Waals surface area contributed by atoms with E-state index in [4.69, 9.17) is 0 Å². The Kier molecular flexibility index (Phi) is 12.4. The summed E-state index contributed by atoms with van der Waals surface area (Å²) < 4.78 is 0. The van der Waals surface area contributed by atoms with E-state index >= 15 is 0 Å². The van der Waals surface area contributed by atoms with Gasteiger partial charge in [0.1, 0.15) is 0 Å². The van der Waals surface area contributed by atoms with Gasteiger partial charge < -0.3 is 0 Å². The summed E-state index contributed by atoms with van der Waals surface area (Å²) in [6.45, 7) is 3.91. The third-order valence-corrected chi connectivity index (χ3v) is 4.93. The molecule has 1 rings (SSSR count). The maximum Gasteiger partial charge on any atom is 0.159 e. The summed E-state index contributed by atoms with van der Waals surface area (Å²) in [4.78, 5) is 11.2. The van der Waals surface area contributed by atoms with Crippen LogP contribution in [0.4, 0.5) is 0 Å². The van der Waals surface area contributed by atoms with Crippen molar-refractivity contribution in [2.45, 2.75) is 104 Å². The molecule has 0 amide bonds. The molecule has 0 aliphatic carbocycles. The molecule has 0 fully saturated rings. The van der Waals surface area contributed by atoms with Crippen LogP contribution in [-0.4, -0.2) is 5.78 Å². The van der Waals surface area contributed by atoms with E-state index in [9.17, 15) is 4.79 Å². The molecule has 0 aromatic heterocycles. The number of aryl methyl sites for hydroxylation is 1. The maximum absolute atomic E-state index is 11.2. The highest BCUT2D eigenvalue weighted by Crippen LogP contribution is 2.14. The molecule has 136 valence electrons. The van der Waals surface area contributed by atoms with E-state index in [2.05, 4.69) is 19.1 Å². The third kappa shape index (κ3) is 10.6. The number of Topliss-reactive ketones (excluding diaryl/α,β-unsaturated/α-hetero) is 1. The van der Waals surface area contributed by atoms with Crippen LogP contribution < -0.4 is 0 Å². The number of ketones is 1. The fourth-order valence-electron chi connectivity index (χ4n) is 3.25. The van der Waals surface area contributed by atoms with E-state index in [1.54, 1.807) is 6.92 Å². The van der Waals surface area contributed by atoms with Crippen molar-refractivity contribution in [3.63, 3.8) is 0 Å². The first-order valence-corrected chi connectivity index (χ1v) is 10.3. The minimum absolute atomic E-state index is 0.155. The molecular formula is C23H38O. The number of hydrogen-bond acceptors (Lipinski definition) is 1. The Bertz CT molecular complexity index is 418. The normalized spacial score (nSPS) is 10.9. The van der Waals surface area contributed by atoms with Crippen LogP contribution in [-0.2, 0) is 6.42 Å². The average molecular weight is 331 g/mol. The summed E-state index contributed by atoms with van der Waals surface area (Å²) in [6.07, 6.45) is 19.4. The molecule has 1 heteroatoms. The number of carbonyl (C=O) groups excluding carboxylic acids is 1. The molecule has 0 saturated heterocycles. The van der Waals surface area contributed by atoms with Crippen molar-refractivity contribution in [2.24, 2.45) is 0 Å². The van der Waals surface area contributed by atoms with Gasteiger partial charge in [-0.3, -0.25) is 4.79 Å². The fourth-order valence-corrected chi connectivity index (χ4v) is 3.25. The van der Waals surface area contributed by atoms with Crippen LogP contribution in [0.5, 0.6) is 0 Å². The summed E-state index contributed by atoms with van der Waals surface area (Å²) >= 11 is 0. The Morgan fingerprint density at radius 3 is 1.50 bits per heavy atom. The number of benzene rings is 1. The van der Waals surface area contributed by atoms with Crippen LogP contribution in [0.15, 0.2) is 24.3 Å². The molecule has 1 aromatic carbocycles. The van der Waals surface area contributed by atoms with Gasteiger partial charge in [-0.2, -0.15) is 0 Å². The second-order valence-corrected chi connectivity index (χ2v) is 7.25. The summed E-state index contributed by atoms with van der Waals surface area (Å²) in [6, 6.07) is 8.13. The van der Waals surface area contributed by atoms with Crippen molar-refractivity contribution in [2.75, 3.05) is 0 Å². The smallest absolute Gasteiger partial charge is 0.159 e. The largest absolute Gasteiger partial charge is 0.295 e. The Hall–Kier alpha value is -1.11. The Balaban J connectivity index is 1.87. The van der Waals surface area contributed by atoms with Crippen LogP contribution in [0, 0.1) is 0 Å². The molecule has 0 radical (unpaired) electrons. The minimum atomic E-state index is 0.155. The summed E-state index contributed by atoms with van der Waals surface area (Å²) in [5.41, 5.74) is 2.19. The molecule has 0 unspecified atom stereocenters. The van der Waals surface area contributed by atoms with E-state index in [-0.39, 0.29) is 5.78 Å². The molecule has 24 heavy (non-hydrogen) atoms. The van der Waals surface area contributed by atoms with Gasteiger partial charge in [-0.15, -0.1) is 0 Å². The van der Waals surface area contributed by atoms with Crippen LogP contribution in [0.3, 0.4) is 0 Å². The van der Waals surface area contributed by atoms with Gasteiger partial charge >= 0.3 is 0 Å². The van der Waals surface area contributed by atoms with Crippen molar-refractivity contribution < 1.29 is 4.79 Å². The standard InChI is InChI=1S/C23H38O/c1-3-4-5-6-7-8-9-10-11-12-13-14-15-16-22-17-19-23(20-18-22)21(2)24/h17-20H,3-16H2,1-2H3. The van der Waals surface area contributed by atoms with Gasteiger partial charge in [0.05, 0.1) is 0 Å². The highest BCUT2D eigenvalue weighted by molar-refractivity contribution is 5.93. The van der Waals surface area contributed by atoms with Crippen molar-refractivity contribution in [1.82, 2.24) is 0 Å². The zero-order chi connectivity index (χ0) is 17.5. The predicted molar refractivity (Wildman–Crippen MR) is 106 cm³/mol. The van der Waals surface area contributed by atoms with Crippen molar-refractivity contribution >= 4 is 5.78 Å². The lowest BCUT2D eigenvalue weighted by atomic mass is 10.0.